The molecule has 2 amide bonds. The lowest BCUT2D eigenvalue weighted by atomic mass is 10.3. The summed E-state index contributed by atoms with van der Waals surface area (Å²) in [7, 11) is -3.94. The van der Waals surface area contributed by atoms with Crippen LogP contribution < -0.4 is 15.4 Å². The quantitative estimate of drug-likeness (QED) is 0.512. The van der Waals surface area contributed by atoms with Crippen LogP contribution in [0.2, 0.25) is 0 Å². The number of hydrogen-bond acceptors (Lipinski definition) is 6. The maximum absolute atomic E-state index is 12.6. The first kappa shape index (κ1) is 22.4. The van der Waals surface area contributed by atoms with Gasteiger partial charge in [0.2, 0.25) is 21.8 Å². The molecule has 0 saturated carbocycles. The molecule has 3 aromatic rings. The van der Waals surface area contributed by atoms with Gasteiger partial charge in [-0.25, -0.2) is 18.1 Å². The fourth-order valence-electron chi connectivity index (χ4n) is 2.91. The third kappa shape index (κ3) is 5.25. The topological polar surface area (TPSA) is 135 Å². The maximum Gasteiger partial charge on any atom is 0.242 e. The van der Waals surface area contributed by atoms with E-state index in [0.717, 1.165) is 5.39 Å². The summed E-state index contributed by atoms with van der Waals surface area (Å²) >= 11 is 0. The van der Waals surface area contributed by atoms with Crippen molar-refractivity contribution in [2.24, 2.45) is 0 Å². The number of anilines is 2. The first-order valence-electron chi connectivity index (χ1n) is 9.61. The third-order valence-corrected chi connectivity index (χ3v) is 5.96. The van der Waals surface area contributed by atoms with E-state index in [1.807, 2.05) is 13.8 Å². The van der Waals surface area contributed by atoms with Gasteiger partial charge in [-0.1, -0.05) is 0 Å². The molecule has 0 saturated heterocycles. The molecule has 0 aliphatic carbocycles. The van der Waals surface area contributed by atoms with Crippen LogP contribution in [0.4, 0.5) is 11.4 Å². The molecule has 0 radical (unpaired) electrons. The lowest BCUT2D eigenvalue weighted by molar-refractivity contribution is -0.117. The molecule has 0 aliphatic rings. The number of hydrogen-bond donors (Lipinski definition) is 3. The van der Waals surface area contributed by atoms with Crippen molar-refractivity contribution in [3.8, 4) is 0 Å². The number of carbonyl (C=O) groups excluding carboxylic acids is 2. The second-order valence-corrected chi connectivity index (χ2v) is 9.07. The van der Waals surface area contributed by atoms with Crippen LogP contribution in [0.5, 0.6) is 0 Å². The Morgan fingerprint density at radius 3 is 2.29 bits per heavy atom. The highest BCUT2D eigenvalue weighted by molar-refractivity contribution is 7.89. The summed E-state index contributed by atoms with van der Waals surface area (Å²) in [5.41, 5.74) is 1.61. The van der Waals surface area contributed by atoms with E-state index in [0.29, 0.717) is 17.0 Å². The number of nitrogens with zero attached hydrogens (tertiary/aromatic N) is 3. The molecule has 1 atom stereocenters. The number of pyridine rings is 1. The number of carbonyl (C=O) groups is 2. The zero-order valence-corrected chi connectivity index (χ0v) is 18.4. The van der Waals surface area contributed by atoms with Crippen LogP contribution in [0, 0.1) is 0 Å². The van der Waals surface area contributed by atoms with Crippen LogP contribution in [0.25, 0.3) is 11.0 Å². The lowest BCUT2D eigenvalue weighted by Crippen LogP contribution is -2.41. The largest absolute Gasteiger partial charge is 0.326 e. The molecule has 3 N–H and O–H groups in total. The molecule has 0 aliphatic heterocycles. The second kappa shape index (κ2) is 8.82. The Labute approximate surface area is 180 Å². The molecule has 2 heterocycles. The van der Waals surface area contributed by atoms with Gasteiger partial charge < -0.3 is 10.6 Å². The van der Waals surface area contributed by atoms with E-state index < -0.39 is 22.0 Å². The highest BCUT2D eigenvalue weighted by Crippen LogP contribution is 2.19. The molecule has 2 aromatic heterocycles. The number of nitrogens with one attached hydrogen (secondary N) is 3. The molecule has 0 unspecified atom stereocenters. The highest BCUT2D eigenvalue weighted by Gasteiger charge is 2.22. The molecule has 11 heteroatoms. The average molecular weight is 445 g/mol. The van der Waals surface area contributed by atoms with Gasteiger partial charge in [0.05, 0.1) is 29.0 Å². The standard InChI is InChI=1S/C20H24N6O4S/c1-12(2)26-19-15(10-22-26)9-17(11-21-19)24-20(28)13(3)25-31(29,30)18-7-5-16(6-8-18)23-14(4)27/h5-13,25H,1-4H3,(H,23,27)(H,24,28)/t13-/m0/s1. The zero-order chi connectivity index (χ0) is 22.8. The molecule has 1 aromatic carbocycles. The zero-order valence-electron chi connectivity index (χ0n) is 17.6. The van der Waals surface area contributed by atoms with Crippen molar-refractivity contribution in [2.75, 3.05) is 10.6 Å². The van der Waals surface area contributed by atoms with Crippen molar-refractivity contribution in [3.63, 3.8) is 0 Å². The summed E-state index contributed by atoms with van der Waals surface area (Å²) in [6.07, 6.45) is 3.16. The Morgan fingerprint density at radius 1 is 1.00 bits per heavy atom. The summed E-state index contributed by atoms with van der Waals surface area (Å²) in [5.74, 6) is -0.793. The number of benzene rings is 1. The van der Waals surface area contributed by atoms with Crippen molar-refractivity contribution in [2.45, 2.75) is 44.7 Å². The Morgan fingerprint density at radius 2 is 1.68 bits per heavy atom. The van der Waals surface area contributed by atoms with Crippen molar-refractivity contribution in [1.82, 2.24) is 19.5 Å². The smallest absolute Gasteiger partial charge is 0.242 e. The van der Waals surface area contributed by atoms with Gasteiger partial charge in [0, 0.05) is 24.0 Å². The first-order valence-corrected chi connectivity index (χ1v) is 11.1. The van der Waals surface area contributed by atoms with E-state index in [1.165, 1.54) is 44.3 Å². The molecule has 0 fully saturated rings. The summed E-state index contributed by atoms with van der Waals surface area (Å²) < 4.78 is 29.3. The predicted molar refractivity (Wildman–Crippen MR) is 117 cm³/mol. The van der Waals surface area contributed by atoms with E-state index in [1.54, 1.807) is 16.9 Å². The first-order chi connectivity index (χ1) is 14.6. The Hall–Kier alpha value is -3.31. The Bertz CT molecular complexity index is 1220. The Kier molecular flexibility index (Phi) is 6.37. The number of sulfonamides is 1. The minimum absolute atomic E-state index is 0.0227. The van der Waals surface area contributed by atoms with Gasteiger partial charge in [0.15, 0.2) is 5.65 Å². The molecule has 0 bridgehead atoms. The van der Waals surface area contributed by atoms with Crippen molar-refractivity contribution >= 4 is 44.2 Å². The van der Waals surface area contributed by atoms with Crippen LogP contribution in [-0.2, 0) is 19.6 Å². The Balaban J connectivity index is 1.68. The van der Waals surface area contributed by atoms with Gasteiger partial charge in [-0.15, -0.1) is 0 Å². The van der Waals surface area contributed by atoms with Crippen LogP contribution >= 0.6 is 0 Å². The lowest BCUT2D eigenvalue weighted by Gasteiger charge is -2.15. The van der Waals surface area contributed by atoms with Crippen LogP contribution in [0.1, 0.15) is 33.7 Å². The number of fused-ring (bicyclic) bond motifs is 1. The number of rotatable bonds is 7. The predicted octanol–water partition coefficient (Wildman–Crippen LogP) is 2.28. The van der Waals surface area contributed by atoms with Gasteiger partial charge >= 0.3 is 0 Å². The van der Waals surface area contributed by atoms with Gasteiger partial charge in [-0.3, -0.25) is 9.59 Å². The number of amides is 2. The monoisotopic (exact) mass is 444 g/mol. The van der Waals surface area contributed by atoms with E-state index in [-0.39, 0.29) is 16.8 Å². The third-order valence-electron chi connectivity index (χ3n) is 4.40. The van der Waals surface area contributed by atoms with E-state index in [2.05, 4.69) is 25.4 Å². The van der Waals surface area contributed by atoms with Crippen LogP contribution in [0.15, 0.2) is 47.6 Å². The van der Waals surface area contributed by atoms with Crippen molar-refractivity contribution in [1.29, 1.82) is 0 Å². The van der Waals surface area contributed by atoms with Crippen molar-refractivity contribution < 1.29 is 18.0 Å². The number of aromatic nitrogens is 3. The van der Waals surface area contributed by atoms with Crippen LogP contribution in [-0.4, -0.2) is 41.0 Å². The molecule has 31 heavy (non-hydrogen) atoms. The second-order valence-electron chi connectivity index (χ2n) is 7.36. The summed E-state index contributed by atoms with van der Waals surface area (Å²) in [6, 6.07) is 6.48. The molecule has 164 valence electrons. The summed E-state index contributed by atoms with van der Waals surface area (Å²) in [4.78, 5) is 27.9. The van der Waals surface area contributed by atoms with E-state index in [9.17, 15) is 18.0 Å². The summed E-state index contributed by atoms with van der Waals surface area (Å²) in [6.45, 7) is 6.79. The molecular formula is C20H24N6O4S. The maximum atomic E-state index is 12.6. The normalized spacial score (nSPS) is 12.7. The van der Waals surface area contributed by atoms with Gasteiger partial charge in [-0.05, 0) is 51.1 Å². The van der Waals surface area contributed by atoms with Crippen LogP contribution in [0.3, 0.4) is 0 Å². The SMILES string of the molecule is CC(=O)Nc1ccc(S(=O)(=O)N[C@@H](C)C(=O)Nc2cnc3c(cnn3C(C)C)c2)cc1. The highest BCUT2D eigenvalue weighted by atomic mass is 32.2. The van der Waals surface area contributed by atoms with Gasteiger partial charge in [0.1, 0.15) is 0 Å². The van der Waals surface area contributed by atoms with Crippen molar-refractivity contribution in [3.05, 3.63) is 42.7 Å². The summed E-state index contributed by atoms with van der Waals surface area (Å²) in [5, 5.41) is 10.3. The molecular weight excluding hydrogens is 420 g/mol. The molecule has 3 rings (SSSR count). The molecule has 10 nitrogen and oxygen atoms in total. The fraction of sp³-hybridized carbons (Fsp3) is 0.300. The average Bonchev–Trinajstić information content (AvgIpc) is 3.11. The minimum atomic E-state index is -3.94. The van der Waals surface area contributed by atoms with E-state index in [4.69, 9.17) is 0 Å². The molecule has 0 spiro atoms. The van der Waals surface area contributed by atoms with Gasteiger partial charge in [0.25, 0.3) is 0 Å². The van der Waals surface area contributed by atoms with E-state index >= 15 is 0 Å². The minimum Gasteiger partial charge on any atom is -0.326 e. The van der Waals surface area contributed by atoms with Gasteiger partial charge in [-0.2, -0.15) is 9.82 Å². The fourth-order valence-corrected chi connectivity index (χ4v) is 4.11.